The number of rotatable bonds is 2. The van der Waals surface area contributed by atoms with Crippen molar-refractivity contribution in [2.24, 2.45) is 5.10 Å². The topological polar surface area (TPSA) is 24.4 Å². The van der Waals surface area contributed by atoms with Crippen molar-refractivity contribution >= 4 is 28.4 Å². The third-order valence-electron chi connectivity index (χ3n) is 2.98. The first-order valence-electron chi connectivity index (χ1n) is 6.05. The average Bonchev–Trinajstić information content (AvgIpc) is 2.90. The Balaban J connectivity index is 1.76. The van der Waals surface area contributed by atoms with E-state index in [-0.39, 0.29) is 5.37 Å². The van der Waals surface area contributed by atoms with Crippen molar-refractivity contribution in [1.29, 1.82) is 0 Å². The van der Waals surface area contributed by atoms with Gasteiger partial charge in [0.2, 0.25) is 0 Å². The van der Waals surface area contributed by atoms with Crippen LogP contribution >= 0.6 is 23.4 Å². The van der Waals surface area contributed by atoms with Gasteiger partial charge in [-0.2, -0.15) is 5.10 Å². The van der Waals surface area contributed by atoms with E-state index in [0.29, 0.717) is 0 Å². The first kappa shape index (κ1) is 12.6. The van der Waals surface area contributed by atoms with Gasteiger partial charge < -0.3 is 0 Å². The summed E-state index contributed by atoms with van der Waals surface area (Å²) in [6, 6.07) is 16.3. The molecule has 1 unspecified atom stereocenters. The number of hydrazone groups is 1. The van der Waals surface area contributed by atoms with Crippen molar-refractivity contribution in [3.63, 3.8) is 0 Å². The van der Waals surface area contributed by atoms with E-state index in [2.05, 4.69) is 41.7 Å². The Labute approximate surface area is 121 Å². The molecule has 1 aliphatic heterocycles. The first-order chi connectivity index (χ1) is 9.22. The molecule has 0 spiro atoms. The van der Waals surface area contributed by atoms with E-state index < -0.39 is 0 Å². The number of thioether (sulfide) groups is 1. The van der Waals surface area contributed by atoms with Crippen LogP contribution < -0.4 is 5.43 Å². The number of halogens is 1. The van der Waals surface area contributed by atoms with Gasteiger partial charge in [-0.25, -0.2) is 0 Å². The van der Waals surface area contributed by atoms with E-state index in [9.17, 15) is 0 Å². The van der Waals surface area contributed by atoms with E-state index in [1.807, 2.05) is 24.3 Å². The third-order valence-corrected chi connectivity index (χ3v) is 4.40. The summed E-state index contributed by atoms with van der Waals surface area (Å²) < 4.78 is 0. The molecule has 0 saturated carbocycles. The van der Waals surface area contributed by atoms with Crippen molar-refractivity contribution in [1.82, 2.24) is 5.43 Å². The zero-order valence-corrected chi connectivity index (χ0v) is 12.0. The molecule has 0 radical (unpaired) electrons. The Hall–Kier alpha value is -1.45. The highest BCUT2D eigenvalue weighted by molar-refractivity contribution is 8.14. The largest absolute Gasteiger partial charge is 0.291 e. The van der Waals surface area contributed by atoms with Crippen LogP contribution in [0.1, 0.15) is 22.1 Å². The molecule has 2 nitrogen and oxygen atoms in total. The summed E-state index contributed by atoms with van der Waals surface area (Å²) in [7, 11) is 0. The molecule has 2 aromatic carbocycles. The van der Waals surface area contributed by atoms with Gasteiger partial charge in [0.25, 0.3) is 0 Å². The molecule has 1 N–H and O–H groups in total. The average molecular weight is 289 g/mol. The number of aryl methyl sites for hydroxylation is 1. The second-order valence-electron chi connectivity index (χ2n) is 4.46. The maximum atomic E-state index is 5.90. The van der Waals surface area contributed by atoms with Crippen molar-refractivity contribution in [2.45, 2.75) is 12.3 Å². The number of nitrogens with one attached hydrogen (secondary N) is 1. The highest BCUT2D eigenvalue weighted by Crippen LogP contribution is 2.34. The lowest BCUT2D eigenvalue weighted by Crippen LogP contribution is -2.06. The summed E-state index contributed by atoms with van der Waals surface area (Å²) in [5, 5.41) is 6.36. The molecule has 0 saturated heterocycles. The monoisotopic (exact) mass is 288 g/mol. The van der Waals surface area contributed by atoms with Gasteiger partial charge in [-0.05, 0) is 24.6 Å². The zero-order chi connectivity index (χ0) is 13.2. The van der Waals surface area contributed by atoms with Crippen LogP contribution in [0.4, 0.5) is 0 Å². The van der Waals surface area contributed by atoms with Crippen LogP contribution in [-0.2, 0) is 0 Å². The summed E-state index contributed by atoms with van der Waals surface area (Å²) in [5.41, 5.74) is 6.76. The van der Waals surface area contributed by atoms with Gasteiger partial charge in [-0.3, -0.25) is 5.43 Å². The Morgan fingerprint density at radius 1 is 1.05 bits per heavy atom. The lowest BCUT2D eigenvalue weighted by Gasteiger charge is -2.09. The maximum Gasteiger partial charge on any atom is 0.126 e. The molecular weight excluding hydrogens is 276 g/mol. The van der Waals surface area contributed by atoms with Gasteiger partial charge >= 0.3 is 0 Å². The fourth-order valence-corrected chi connectivity index (χ4v) is 3.02. The molecule has 2 aromatic rings. The molecule has 1 aliphatic rings. The molecule has 3 rings (SSSR count). The molecule has 19 heavy (non-hydrogen) atoms. The quantitative estimate of drug-likeness (QED) is 0.889. The predicted molar refractivity (Wildman–Crippen MR) is 82.6 cm³/mol. The van der Waals surface area contributed by atoms with E-state index in [1.54, 1.807) is 11.8 Å². The predicted octanol–water partition coefficient (Wildman–Crippen LogP) is 4.35. The minimum atomic E-state index is 0.161. The minimum absolute atomic E-state index is 0.161. The molecule has 0 bridgehead atoms. The summed E-state index contributed by atoms with van der Waals surface area (Å²) in [6.07, 6.45) is 0. The smallest absolute Gasteiger partial charge is 0.126 e. The van der Waals surface area contributed by atoms with E-state index >= 15 is 0 Å². The van der Waals surface area contributed by atoms with Crippen LogP contribution in [0.2, 0.25) is 5.02 Å². The SMILES string of the molecule is Cc1ccc(C2=NNC(c3ccc(Cl)cc3)S2)cc1. The van der Waals surface area contributed by atoms with Gasteiger partial charge in [0.05, 0.1) is 0 Å². The normalized spacial score (nSPS) is 18.0. The fraction of sp³-hybridized carbons (Fsp3) is 0.133. The highest BCUT2D eigenvalue weighted by atomic mass is 35.5. The van der Waals surface area contributed by atoms with E-state index in [4.69, 9.17) is 11.6 Å². The van der Waals surface area contributed by atoms with Crippen LogP contribution in [0, 0.1) is 6.92 Å². The van der Waals surface area contributed by atoms with Crippen LogP contribution in [0.15, 0.2) is 53.6 Å². The number of hydrogen-bond acceptors (Lipinski definition) is 3. The van der Waals surface area contributed by atoms with E-state index in [1.165, 1.54) is 11.1 Å². The Morgan fingerprint density at radius 3 is 2.42 bits per heavy atom. The summed E-state index contributed by atoms with van der Waals surface area (Å²) >= 11 is 7.63. The zero-order valence-electron chi connectivity index (χ0n) is 10.4. The molecule has 0 aliphatic carbocycles. The Kier molecular flexibility index (Phi) is 3.49. The standard InChI is InChI=1S/C15H13ClN2S/c1-10-2-4-11(5-3-10)14-17-18-15(19-14)12-6-8-13(16)9-7-12/h2-9,15,18H,1H3. The Bertz CT molecular complexity index is 605. The molecule has 0 fully saturated rings. The van der Waals surface area contributed by atoms with E-state index in [0.717, 1.165) is 15.6 Å². The van der Waals surface area contributed by atoms with Crippen molar-refractivity contribution in [3.05, 3.63) is 70.2 Å². The summed E-state index contributed by atoms with van der Waals surface area (Å²) in [6.45, 7) is 2.09. The molecule has 4 heteroatoms. The van der Waals surface area contributed by atoms with Crippen LogP contribution in [0.5, 0.6) is 0 Å². The van der Waals surface area contributed by atoms with Crippen molar-refractivity contribution in [3.8, 4) is 0 Å². The van der Waals surface area contributed by atoms with Gasteiger partial charge in [0.1, 0.15) is 10.4 Å². The summed E-state index contributed by atoms with van der Waals surface area (Å²) in [4.78, 5) is 0. The lowest BCUT2D eigenvalue weighted by molar-refractivity contribution is 0.744. The third kappa shape index (κ3) is 2.77. The van der Waals surface area contributed by atoms with Crippen molar-refractivity contribution < 1.29 is 0 Å². The highest BCUT2D eigenvalue weighted by Gasteiger charge is 2.21. The van der Waals surface area contributed by atoms with Gasteiger partial charge in [0.15, 0.2) is 0 Å². The fourth-order valence-electron chi connectivity index (χ4n) is 1.89. The second kappa shape index (κ2) is 5.27. The maximum absolute atomic E-state index is 5.90. The van der Waals surface area contributed by atoms with Gasteiger partial charge in [-0.1, -0.05) is 65.3 Å². The molecule has 1 atom stereocenters. The minimum Gasteiger partial charge on any atom is -0.291 e. The Morgan fingerprint density at radius 2 is 1.74 bits per heavy atom. The van der Waals surface area contributed by atoms with Crippen LogP contribution in [0.3, 0.4) is 0 Å². The second-order valence-corrected chi connectivity index (χ2v) is 5.99. The molecule has 1 heterocycles. The molecule has 0 amide bonds. The number of benzene rings is 2. The first-order valence-corrected chi connectivity index (χ1v) is 7.30. The lowest BCUT2D eigenvalue weighted by atomic mass is 10.2. The van der Waals surface area contributed by atoms with Gasteiger partial charge in [-0.15, -0.1) is 0 Å². The van der Waals surface area contributed by atoms with Crippen LogP contribution in [-0.4, -0.2) is 5.04 Å². The number of nitrogens with zero attached hydrogens (tertiary/aromatic N) is 1. The number of hydrogen-bond donors (Lipinski definition) is 1. The molecule has 0 aromatic heterocycles. The van der Waals surface area contributed by atoms with Gasteiger partial charge in [0, 0.05) is 10.6 Å². The van der Waals surface area contributed by atoms with Crippen LogP contribution in [0.25, 0.3) is 0 Å². The molecule has 96 valence electrons. The molecular formula is C15H13ClN2S. The van der Waals surface area contributed by atoms with Crippen molar-refractivity contribution in [2.75, 3.05) is 0 Å². The summed E-state index contributed by atoms with van der Waals surface area (Å²) in [5.74, 6) is 0.